The van der Waals surface area contributed by atoms with Crippen LogP contribution in [0.1, 0.15) is 11.1 Å². The molecule has 1 aliphatic heterocycles. The van der Waals surface area contributed by atoms with Gasteiger partial charge in [-0.15, -0.1) is 0 Å². The van der Waals surface area contributed by atoms with Crippen molar-refractivity contribution in [3.05, 3.63) is 59.9 Å². The molecule has 0 atom stereocenters. The highest BCUT2D eigenvalue weighted by Gasteiger charge is 2.03. The van der Waals surface area contributed by atoms with Crippen LogP contribution in [-0.4, -0.2) is 0 Å². The Hall–Kier alpha value is -2.02. The van der Waals surface area contributed by atoms with Gasteiger partial charge in [0, 0.05) is 12.4 Å². The highest BCUT2D eigenvalue weighted by atomic mass is 14.8. The molecule has 3 rings (SSSR count). The molecule has 1 heterocycles. The molecule has 15 heavy (non-hydrogen) atoms. The van der Waals surface area contributed by atoms with Crippen LogP contribution in [0.25, 0.3) is 22.9 Å². The molecule has 0 aliphatic carbocycles. The summed E-state index contributed by atoms with van der Waals surface area (Å²) in [4.78, 5) is 0. The molecule has 0 aromatic heterocycles. The summed E-state index contributed by atoms with van der Waals surface area (Å²) in [5.74, 6) is 0. The van der Waals surface area contributed by atoms with Gasteiger partial charge in [-0.3, -0.25) is 0 Å². The minimum absolute atomic E-state index is 1.26. The lowest BCUT2D eigenvalue weighted by atomic mass is 9.99. The summed E-state index contributed by atoms with van der Waals surface area (Å²) in [7, 11) is 0. The molecule has 0 saturated heterocycles. The van der Waals surface area contributed by atoms with Crippen LogP contribution < -0.4 is 5.32 Å². The molecule has 1 N–H and O–H groups in total. The van der Waals surface area contributed by atoms with Crippen molar-refractivity contribution in [2.45, 2.75) is 0 Å². The number of nitrogens with one attached hydrogen (secondary N) is 1. The van der Waals surface area contributed by atoms with Crippen molar-refractivity contribution < 1.29 is 0 Å². The van der Waals surface area contributed by atoms with E-state index in [1.807, 2.05) is 12.4 Å². The van der Waals surface area contributed by atoms with Crippen molar-refractivity contribution in [1.82, 2.24) is 5.32 Å². The second kappa shape index (κ2) is 3.28. The van der Waals surface area contributed by atoms with E-state index in [-0.39, 0.29) is 0 Å². The highest BCUT2D eigenvalue weighted by molar-refractivity contribution is 5.94. The number of hydrogen-bond donors (Lipinski definition) is 1. The Bertz CT molecular complexity index is 565. The third-order valence-corrected chi connectivity index (χ3v) is 2.71. The molecule has 2 aromatic carbocycles. The van der Waals surface area contributed by atoms with Crippen molar-refractivity contribution in [3.63, 3.8) is 0 Å². The molecule has 0 spiro atoms. The first-order valence-electron chi connectivity index (χ1n) is 5.06. The van der Waals surface area contributed by atoms with Crippen LogP contribution in [0.4, 0.5) is 0 Å². The molecule has 0 amide bonds. The van der Waals surface area contributed by atoms with Gasteiger partial charge >= 0.3 is 0 Å². The van der Waals surface area contributed by atoms with Crippen molar-refractivity contribution in [2.24, 2.45) is 0 Å². The molecule has 0 fully saturated rings. The largest absolute Gasteiger partial charge is 0.368 e. The number of rotatable bonds is 0. The average Bonchev–Trinajstić information content (AvgIpc) is 2.54. The maximum atomic E-state index is 3.10. The molecule has 1 heteroatoms. The van der Waals surface area contributed by atoms with Crippen molar-refractivity contribution in [3.8, 4) is 0 Å². The lowest BCUT2D eigenvalue weighted by Gasteiger charge is -2.05. The molecule has 0 bridgehead atoms. The molecule has 2 aromatic rings. The first-order valence-corrected chi connectivity index (χ1v) is 5.06. The van der Waals surface area contributed by atoms with Crippen LogP contribution in [0, 0.1) is 0 Å². The lowest BCUT2D eigenvalue weighted by Crippen LogP contribution is -1.87. The molecule has 0 saturated carbocycles. The van der Waals surface area contributed by atoms with Crippen molar-refractivity contribution >= 4 is 22.9 Å². The zero-order valence-electron chi connectivity index (χ0n) is 8.27. The maximum absolute atomic E-state index is 3.10. The predicted octanol–water partition coefficient (Wildman–Crippen LogP) is 3.38. The van der Waals surface area contributed by atoms with E-state index in [1.54, 1.807) is 0 Å². The Kier molecular flexibility index (Phi) is 1.82. The summed E-state index contributed by atoms with van der Waals surface area (Å²) in [6.07, 6.45) is 8.14. The summed E-state index contributed by atoms with van der Waals surface area (Å²) in [5.41, 5.74) is 2.55. The summed E-state index contributed by atoms with van der Waals surface area (Å²) in [6, 6.07) is 12.8. The smallest absolute Gasteiger partial charge is 0.00108 e. The third kappa shape index (κ3) is 1.33. The van der Waals surface area contributed by atoms with Gasteiger partial charge in [-0.25, -0.2) is 0 Å². The number of benzene rings is 2. The van der Waals surface area contributed by atoms with Gasteiger partial charge in [0.15, 0.2) is 0 Å². The standard InChI is InChI=1S/C14H11N/c1-2-4-13-11(3-1)5-6-12-7-9-15-10-8-14(12)13/h1-10,15H. The minimum atomic E-state index is 1.26. The van der Waals surface area contributed by atoms with Crippen LogP contribution in [0.2, 0.25) is 0 Å². The molecule has 1 nitrogen and oxygen atoms in total. The maximum Gasteiger partial charge on any atom is 0.00108 e. The van der Waals surface area contributed by atoms with E-state index < -0.39 is 0 Å². The van der Waals surface area contributed by atoms with Crippen LogP contribution in [0.5, 0.6) is 0 Å². The quantitative estimate of drug-likeness (QED) is 0.676. The van der Waals surface area contributed by atoms with Gasteiger partial charge in [0.25, 0.3) is 0 Å². The Morgan fingerprint density at radius 3 is 2.67 bits per heavy atom. The van der Waals surface area contributed by atoms with Gasteiger partial charge in [-0.05, 0) is 34.1 Å². The molecule has 1 aliphatic rings. The van der Waals surface area contributed by atoms with Gasteiger partial charge in [-0.2, -0.15) is 0 Å². The minimum Gasteiger partial charge on any atom is -0.368 e. The Balaban J connectivity index is 2.42. The normalized spacial score (nSPS) is 13.3. The van der Waals surface area contributed by atoms with E-state index in [4.69, 9.17) is 0 Å². The van der Waals surface area contributed by atoms with Gasteiger partial charge in [0.05, 0.1) is 0 Å². The van der Waals surface area contributed by atoms with Gasteiger partial charge in [0.1, 0.15) is 0 Å². The average molecular weight is 193 g/mol. The fourth-order valence-electron chi connectivity index (χ4n) is 1.97. The predicted molar refractivity (Wildman–Crippen MR) is 65.2 cm³/mol. The highest BCUT2D eigenvalue weighted by Crippen LogP contribution is 2.25. The van der Waals surface area contributed by atoms with E-state index in [2.05, 4.69) is 53.9 Å². The third-order valence-electron chi connectivity index (χ3n) is 2.71. The Labute approximate surface area is 88.7 Å². The zero-order valence-corrected chi connectivity index (χ0v) is 8.27. The SMILES string of the molecule is C1=Cc2ccc3ccccc3c2C=CN1. The van der Waals surface area contributed by atoms with E-state index in [1.165, 1.54) is 21.9 Å². The Morgan fingerprint density at radius 2 is 1.67 bits per heavy atom. The summed E-state index contributed by atoms with van der Waals surface area (Å²) in [6.45, 7) is 0. The van der Waals surface area contributed by atoms with E-state index in [9.17, 15) is 0 Å². The monoisotopic (exact) mass is 193 g/mol. The first-order chi connectivity index (χ1) is 7.45. The summed E-state index contributed by atoms with van der Waals surface area (Å²) in [5, 5.41) is 5.69. The van der Waals surface area contributed by atoms with Gasteiger partial charge < -0.3 is 5.32 Å². The van der Waals surface area contributed by atoms with Gasteiger partial charge in [0.2, 0.25) is 0 Å². The summed E-state index contributed by atoms with van der Waals surface area (Å²) < 4.78 is 0. The Morgan fingerprint density at radius 1 is 0.800 bits per heavy atom. The second-order valence-electron chi connectivity index (χ2n) is 3.62. The fourth-order valence-corrected chi connectivity index (χ4v) is 1.97. The van der Waals surface area contributed by atoms with Crippen LogP contribution in [0.3, 0.4) is 0 Å². The van der Waals surface area contributed by atoms with Crippen molar-refractivity contribution in [1.29, 1.82) is 0 Å². The zero-order chi connectivity index (χ0) is 10.1. The van der Waals surface area contributed by atoms with Gasteiger partial charge in [-0.1, -0.05) is 36.4 Å². The summed E-state index contributed by atoms with van der Waals surface area (Å²) >= 11 is 0. The van der Waals surface area contributed by atoms with Crippen LogP contribution in [-0.2, 0) is 0 Å². The molecule has 0 unspecified atom stereocenters. The lowest BCUT2D eigenvalue weighted by molar-refractivity contribution is 1.22. The molecule has 72 valence electrons. The number of fused-ring (bicyclic) bond motifs is 3. The van der Waals surface area contributed by atoms with Crippen molar-refractivity contribution in [2.75, 3.05) is 0 Å². The van der Waals surface area contributed by atoms with Crippen LogP contribution in [0.15, 0.2) is 48.8 Å². The first kappa shape index (κ1) is 8.30. The molecular formula is C14H11N. The topological polar surface area (TPSA) is 12.0 Å². The van der Waals surface area contributed by atoms with E-state index in [0.717, 1.165) is 0 Å². The number of hydrogen-bond acceptors (Lipinski definition) is 1. The fraction of sp³-hybridized carbons (Fsp3) is 0. The van der Waals surface area contributed by atoms with Crippen LogP contribution >= 0.6 is 0 Å². The van der Waals surface area contributed by atoms with E-state index in [0.29, 0.717) is 0 Å². The molecule has 0 radical (unpaired) electrons. The second-order valence-corrected chi connectivity index (χ2v) is 3.62. The van der Waals surface area contributed by atoms with E-state index >= 15 is 0 Å². The molecular weight excluding hydrogens is 182 g/mol.